The summed E-state index contributed by atoms with van der Waals surface area (Å²) in [7, 11) is 0. The van der Waals surface area contributed by atoms with Crippen LogP contribution in [-0.2, 0) is 41.5 Å². The molecule has 3 heteroatoms. The van der Waals surface area contributed by atoms with Crippen molar-refractivity contribution in [3.05, 3.63) is 82.5 Å². The van der Waals surface area contributed by atoms with E-state index in [1.54, 1.807) is 49.1 Å². The molecule has 4 saturated carbocycles. The maximum atomic E-state index is 3.53. The van der Waals surface area contributed by atoms with Gasteiger partial charge >= 0.3 is 41.3 Å². The monoisotopic (exact) mass is 692 g/mol. The van der Waals surface area contributed by atoms with E-state index < -0.39 is 0 Å². The third-order valence-electron chi connectivity index (χ3n) is 10.1. The van der Waals surface area contributed by atoms with Crippen molar-refractivity contribution >= 4 is 3.21 Å². The van der Waals surface area contributed by atoms with Gasteiger partial charge in [0.1, 0.15) is 0 Å². The summed E-state index contributed by atoms with van der Waals surface area (Å²) in [4.78, 5) is 0. The van der Waals surface area contributed by atoms with Crippen molar-refractivity contribution in [1.82, 2.24) is 0 Å². The topological polar surface area (TPSA) is 0 Å². The second-order valence-electron chi connectivity index (χ2n) is 16.2. The van der Waals surface area contributed by atoms with Gasteiger partial charge in [0.05, 0.1) is 0 Å². The molecule has 43 heavy (non-hydrogen) atoms. The number of allylic oxidation sites excluding steroid dienone is 4. The number of benzene rings is 2. The average Bonchev–Trinajstić information content (AvgIpc) is 3.45. The minimum atomic E-state index is 0. The molecule has 4 bridgehead atoms. The molecule has 232 valence electrons. The second-order valence-corrected chi connectivity index (χ2v) is 18.7. The molecule has 2 aromatic rings. The molecule has 0 aliphatic heterocycles. The van der Waals surface area contributed by atoms with Gasteiger partial charge in [-0.25, -0.2) is 6.08 Å². The fourth-order valence-corrected chi connectivity index (χ4v) is 8.37. The van der Waals surface area contributed by atoms with E-state index in [2.05, 4.69) is 117 Å². The van der Waals surface area contributed by atoms with E-state index in [9.17, 15) is 0 Å². The Balaban J connectivity index is 0.000000205. The van der Waals surface area contributed by atoms with Crippen LogP contribution in [0.5, 0.6) is 0 Å². The first-order valence-corrected chi connectivity index (χ1v) is 17.4. The van der Waals surface area contributed by atoms with Crippen LogP contribution >= 0.6 is 0 Å². The number of hydrogen-bond acceptors (Lipinski definition) is 0. The molecule has 2 aromatic carbocycles. The fourth-order valence-electron chi connectivity index (χ4n) is 8.37. The standard InChI is InChI=1S/C21H25.C16H21.C3H6.2ClH.Zr/c1-20(2,3)16-9-7-14-11-15-8-10-17(21(4,5)6)13-19(15)18(14)12-16;1-11-2-3-15(4-11)16-8-12-5-13(9-16)7-14(6-12)10-16;1-3-2;;;/h7,9-10,12-13H,11H2,1-6H3;3-4,11-14H,5-10H2,1H3;1-2H3;2*1H;/q2*-1;;;;+2/p-2. The molecular weight excluding hydrogens is 643 g/mol. The van der Waals surface area contributed by atoms with E-state index in [1.807, 2.05) is 0 Å². The largest absolute Gasteiger partial charge is 1.00 e. The molecule has 0 amide bonds. The molecule has 0 saturated heterocycles. The summed E-state index contributed by atoms with van der Waals surface area (Å²) in [5.74, 6) is 3.77. The maximum Gasteiger partial charge on any atom is -1.00 e. The average molecular weight is 695 g/mol. The molecule has 0 heterocycles. The summed E-state index contributed by atoms with van der Waals surface area (Å²) in [6, 6.07) is 15.1. The molecule has 0 radical (unpaired) electrons. The van der Waals surface area contributed by atoms with E-state index in [0.29, 0.717) is 11.3 Å². The second kappa shape index (κ2) is 13.9. The Bertz CT molecular complexity index is 1260. The van der Waals surface area contributed by atoms with Crippen molar-refractivity contribution < 1.29 is 49.0 Å². The van der Waals surface area contributed by atoms with E-state index in [4.69, 9.17) is 0 Å². The van der Waals surface area contributed by atoms with Crippen molar-refractivity contribution in [2.45, 2.75) is 118 Å². The van der Waals surface area contributed by atoms with Gasteiger partial charge in [-0.2, -0.15) is 41.0 Å². The Morgan fingerprint density at radius 3 is 1.79 bits per heavy atom. The maximum absolute atomic E-state index is 3.53. The van der Waals surface area contributed by atoms with Gasteiger partial charge in [0.25, 0.3) is 0 Å². The Kier molecular flexibility index (Phi) is 11.9. The first-order chi connectivity index (χ1) is 19.1. The summed E-state index contributed by atoms with van der Waals surface area (Å²) < 4.78 is 1.51. The van der Waals surface area contributed by atoms with E-state index in [1.165, 1.54) is 55.8 Å². The van der Waals surface area contributed by atoms with E-state index in [0.717, 1.165) is 24.2 Å². The van der Waals surface area contributed by atoms with Crippen LogP contribution in [-0.4, -0.2) is 3.21 Å². The number of hydrogen-bond donors (Lipinski definition) is 0. The van der Waals surface area contributed by atoms with Crippen LogP contribution < -0.4 is 24.8 Å². The van der Waals surface area contributed by atoms with Gasteiger partial charge in [-0.15, -0.1) is 5.56 Å². The van der Waals surface area contributed by atoms with Crippen LogP contribution in [0.15, 0.2) is 48.1 Å². The minimum Gasteiger partial charge on any atom is -1.00 e. The zero-order valence-corrected chi connectivity index (χ0v) is 32.0. The SMILES string of the molecule is CC(C)(C)c1c[c-]c2c(c1)-c1cc(C(C)(C)C)ccc1C2.CC1[C-]=CC(C23CC4CC(CC(C4)C2)C3)=C1.C[C](C)=[Zr+2].[Cl-].[Cl-]. The third kappa shape index (κ3) is 8.35. The van der Waals surface area contributed by atoms with Gasteiger partial charge in [0.2, 0.25) is 0 Å². The Morgan fingerprint density at radius 2 is 1.33 bits per heavy atom. The Labute approximate surface area is 291 Å². The predicted octanol–water partition coefficient (Wildman–Crippen LogP) is 4.54. The van der Waals surface area contributed by atoms with Gasteiger partial charge in [-0.1, -0.05) is 114 Å². The first kappa shape index (κ1) is 36.7. The van der Waals surface area contributed by atoms with Crippen LogP contribution in [0, 0.1) is 41.2 Å². The van der Waals surface area contributed by atoms with E-state index >= 15 is 0 Å². The van der Waals surface area contributed by atoms with Crippen molar-refractivity contribution in [2.24, 2.45) is 29.1 Å². The van der Waals surface area contributed by atoms with Crippen molar-refractivity contribution in [2.75, 3.05) is 0 Å². The van der Waals surface area contributed by atoms with Gasteiger partial charge in [-0.3, -0.25) is 6.08 Å². The quantitative estimate of drug-likeness (QED) is 0.329. The summed E-state index contributed by atoms with van der Waals surface area (Å²) >= 11 is 1.55. The molecule has 4 fully saturated rings. The zero-order chi connectivity index (χ0) is 29.7. The van der Waals surface area contributed by atoms with Gasteiger partial charge in [0.15, 0.2) is 0 Å². The van der Waals surface area contributed by atoms with Crippen molar-refractivity contribution in [3.8, 4) is 11.1 Å². The van der Waals surface area contributed by atoms with Crippen LogP contribution in [0.25, 0.3) is 11.1 Å². The van der Waals surface area contributed by atoms with E-state index in [-0.39, 0.29) is 35.6 Å². The van der Waals surface area contributed by atoms with Gasteiger partial charge in [0, 0.05) is 0 Å². The molecule has 6 aliphatic rings. The minimum absolute atomic E-state index is 0. The Hall–Kier alpha value is -0.747. The molecule has 6 aliphatic carbocycles. The molecule has 0 N–H and O–H groups in total. The smallest absolute Gasteiger partial charge is 1.00 e. The molecular formula is C40H52Cl2Zr-2. The summed E-state index contributed by atoms with van der Waals surface area (Å²) in [5, 5.41) is 0. The van der Waals surface area contributed by atoms with Gasteiger partial charge < -0.3 is 24.8 Å². The zero-order valence-electron chi connectivity index (χ0n) is 28.1. The molecule has 8 rings (SSSR count). The summed E-state index contributed by atoms with van der Waals surface area (Å²) in [6.07, 6.45) is 18.5. The number of halogens is 2. The van der Waals surface area contributed by atoms with Crippen molar-refractivity contribution in [3.63, 3.8) is 0 Å². The van der Waals surface area contributed by atoms with Crippen LogP contribution in [0.4, 0.5) is 0 Å². The van der Waals surface area contributed by atoms with Gasteiger partial charge in [-0.05, 0) is 54.4 Å². The fraction of sp³-hybridized carbons (Fsp3) is 0.575. The molecule has 1 unspecified atom stereocenters. The summed E-state index contributed by atoms with van der Waals surface area (Å²) in [5.41, 5.74) is 11.0. The molecule has 0 aromatic heterocycles. The number of rotatable bonds is 1. The van der Waals surface area contributed by atoms with Crippen LogP contribution in [0.2, 0.25) is 0 Å². The molecule has 0 nitrogen and oxygen atoms in total. The van der Waals surface area contributed by atoms with Crippen molar-refractivity contribution in [1.29, 1.82) is 0 Å². The molecule has 0 spiro atoms. The third-order valence-corrected chi connectivity index (χ3v) is 10.1. The molecule has 1 atom stereocenters. The predicted molar refractivity (Wildman–Crippen MR) is 173 cm³/mol. The number of fused-ring (bicyclic) bond motifs is 3. The normalized spacial score (nSPS) is 27.4. The summed E-state index contributed by atoms with van der Waals surface area (Å²) in [6.45, 7) is 20.2. The van der Waals surface area contributed by atoms with Crippen LogP contribution in [0.1, 0.15) is 123 Å². The Morgan fingerprint density at radius 1 is 0.814 bits per heavy atom. The van der Waals surface area contributed by atoms with Crippen LogP contribution in [0.3, 0.4) is 0 Å². The first-order valence-electron chi connectivity index (χ1n) is 16.2.